The molecule has 0 fully saturated rings. The fourth-order valence-corrected chi connectivity index (χ4v) is 5.39. The predicted molar refractivity (Wildman–Crippen MR) is 125 cm³/mol. The summed E-state index contributed by atoms with van der Waals surface area (Å²) in [5.41, 5.74) is 4.80. The van der Waals surface area contributed by atoms with Crippen molar-refractivity contribution < 1.29 is 9.53 Å². The summed E-state index contributed by atoms with van der Waals surface area (Å²) >= 11 is 7.83. The van der Waals surface area contributed by atoms with Gasteiger partial charge in [-0.15, -0.1) is 11.3 Å². The van der Waals surface area contributed by atoms with Crippen molar-refractivity contribution in [3.8, 4) is 10.4 Å². The Bertz CT molecular complexity index is 1200. The molecule has 0 spiro atoms. The molecule has 0 radical (unpaired) electrons. The molecule has 3 heterocycles. The van der Waals surface area contributed by atoms with Gasteiger partial charge in [0.05, 0.1) is 12.5 Å². The number of benzene rings is 1. The number of thiophene rings is 1. The lowest BCUT2D eigenvalue weighted by atomic mass is 9.95. The van der Waals surface area contributed by atoms with Crippen molar-refractivity contribution in [1.82, 2.24) is 9.88 Å². The van der Waals surface area contributed by atoms with Gasteiger partial charge < -0.3 is 14.6 Å². The van der Waals surface area contributed by atoms with Crippen LogP contribution >= 0.6 is 22.9 Å². The number of ether oxygens (including phenoxy) is 1. The number of halogens is 1. The zero-order chi connectivity index (χ0) is 22.3. The van der Waals surface area contributed by atoms with E-state index < -0.39 is 6.10 Å². The highest BCUT2D eigenvalue weighted by Gasteiger charge is 2.35. The van der Waals surface area contributed by atoms with Gasteiger partial charge in [-0.3, -0.25) is 9.59 Å². The Balaban J connectivity index is 1.95. The number of aromatic nitrogens is 1. The van der Waals surface area contributed by atoms with Crippen LogP contribution in [0.25, 0.3) is 10.4 Å². The van der Waals surface area contributed by atoms with Crippen LogP contribution in [0, 0.1) is 13.8 Å². The average molecular weight is 457 g/mol. The monoisotopic (exact) mass is 456 g/mol. The molecular weight excluding hydrogens is 432 g/mol. The van der Waals surface area contributed by atoms with Crippen LogP contribution in [-0.2, 0) is 16.6 Å². The number of hydrogen-bond acceptors (Lipinski definition) is 4. The molecule has 1 aliphatic rings. The Labute approximate surface area is 190 Å². The molecular formula is C24H25ClN2O3S. The van der Waals surface area contributed by atoms with Gasteiger partial charge in [0.15, 0.2) is 0 Å². The minimum absolute atomic E-state index is 0.104. The van der Waals surface area contributed by atoms with E-state index in [4.69, 9.17) is 16.3 Å². The van der Waals surface area contributed by atoms with E-state index in [0.29, 0.717) is 11.6 Å². The third kappa shape index (κ3) is 4.07. The Morgan fingerprint density at radius 1 is 1.26 bits per heavy atom. The van der Waals surface area contributed by atoms with E-state index in [1.165, 1.54) is 10.4 Å². The molecule has 5 nitrogen and oxygen atoms in total. The molecule has 0 saturated heterocycles. The van der Waals surface area contributed by atoms with Crippen LogP contribution in [0.3, 0.4) is 0 Å². The highest BCUT2D eigenvalue weighted by atomic mass is 35.5. The highest BCUT2D eigenvalue weighted by molar-refractivity contribution is 7.15. The van der Waals surface area contributed by atoms with Gasteiger partial charge in [0.2, 0.25) is 5.91 Å². The summed E-state index contributed by atoms with van der Waals surface area (Å²) in [5.74, 6) is -0.104. The first-order valence-corrected chi connectivity index (χ1v) is 11.5. The maximum Gasteiger partial charge on any atom is 0.250 e. The molecule has 0 saturated carbocycles. The third-order valence-electron chi connectivity index (χ3n) is 5.76. The zero-order valence-electron chi connectivity index (χ0n) is 18.0. The molecule has 3 aromatic rings. The second-order valence-corrected chi connectivity index (χ2v) is 9.49. The number of aryl methyl sites for hydroxylation is 2. The maximum absolute atomic E-state index is 12.5. The summed E-state index contributed by atoms with van der Waals surface area (Å²) in [6.07, 6.45) is 1.09. The predicted octanol–water partition coefficient (Wildman–Crippen LogP) is 5.07. The summed E-state index contributed by atoms with van der Waals surface area (Å²) in [5, 5.41) is 3.50. The van der Waals surface area contributed by atoms with E-state index in [1.54, 1.807) is 29.0 Å². The second kappa shape index (κ2) is 8.61. The number of rotatable bonds is 4. The van der Waals surface area contributed by atoms with Gasteiger partial charge in [-0.2, -0.15) is 0 Å². The first-order chi connectivity index (χ1) is 14.8. The van der Waals surface area contributed by atoms with Crippen molar-refractivity contribution >= 4 is 28.8 Å². The highest BCUT2D eigenvalue weighted by Crippen LogP contribution is 2.50. The molecule has 0 aliphatic carbocycles. The van der Waals surface area contributed by atoms with Crippen LogP contribution in [0.5, 0.6) is 0 Å². The van der Waals surface area contributed by atoms with E-state index in [9.17, 15) is 9.59 Å². The first-order valence-electron chi connectivity index (χ1n) is 10.3. The van der Waals surface area contributed by atoms with Gasteiger partial charge in [-0.1, -0.05) is 23.7 Å². The summed E-state index contributed by atoms with van der Waals surface area (Å²) in [6.45, 7) is 6.63. The van der Waals surface area contributed by atoms with E-state index in [0.717, 1.165) is 27.1 Å². The molecule has 1 amide bonds. The molecule has 162 valence electrons. The van der Waals surface area contributed by atoms with Crippen molar-refractivity contribution in [2.75, 3.05) is 6.54 Å². The van der Waals surface area contributed by atoms with Gasteiger partial charge in [0.1, 0.15) is 6.10 Å². The number of carbonyl (C=O) groups excluding carboxylic acids is 1. The summed E-state index contributed by atoms with van der Waals surface area (Å²) in [7, 11) is 1.75. The molecule has 1 N–H and O–H groups in total. The summed E-state index contributed by atoms with van der Waals surface area (Å²) in [4.78, 5) is 27.3. The molecule has 4 rings (SSSR count). The Morgan fingerprint density at radius 3 is 2.65 bits per heavy atom. The number of hydrogen-bond donors (Lipinski definition) is 1. The number of nitrogens with zero attached hydrogens (tertiary/aromatic N) is 1. The summed E-state index contributed by atoms with van der Waals surface area (Å²) < 4.78 is 8.23. The van der Waals surface area contributed by atoms with Gasteiger partial charge in [-0.25, -0.2) is 0 Å². The lowest BCUT2D eigenvalue weighted by molar-refractivity contribution is -0.124. The van der Waals surface area contributed by atoms with E-state index >= 15 is 0 Å². The normalized spacial score (nSPS) is 17.6. The topological polar surface area (TPSA) is 60.3 Å². The standard InChI is InChI=1S/C24H25ClN2O3S/c1-5-26-20(28)11-19-17-10-21(29)27(4)12-18(17)24-22(13(2)14(3)31-24)23(30-19)15-6-8-16(25)9-7-15/h6-10,12,19,23H,5,11H2,1-4H3,(H,26,28)/t19-,23-/m0/s1. The van der Waals surface area contributed by atoms with Crippen molar-refractivity contribution in [1.29, 1.82) is 0 Å². The van der Waals surface area contributed by atoms with Crippen LogP contribution < -0.4 is 10.9 Å². The fourth-order valence-electron chi connectivity index (χ4n) is 4.05. The molecule has 1 aromatic carbocycles. The Morgan fingerprint density at radius 2 is 1.97 bits per heavy atom. The van der Waals surface area contributed by atoms with Crippen molar-refractivity contribution in [2.24, 2.45) is 7.05 Å². The van der Waals surface area contributed by atoms with Crippen molar-refractivity contribution in [3.63, 3.8) is 0 Å². The molecule has 0 unspecified atom stereocenters. The molecule has 2 aromatic heterocycles. The van der Waals surface area contributed by atoms with Crippen LogP contribution in [0.2, 0.25) is 5.02 Å². The van der Waals surface area contributed by atoms with Gasteiger partial charge >= 0.3 is 0 Å². The Hall–Kier alpha value is -2.41. The zero-order valence-corrected chi connectivity index (χ0v) is 19.6. The number of amides is 1. The molecule has 1 aliphatic heterocycles. The fraction of sp³-hybridized carbons (Fsp3) is 0.333. The van der Waals surface area contributed by atoms with E-state index in [1.807, 2.05) is 37.4 Å². The number of pyridine rings is 1. The Kier molecular flexibility index (Phi) is 6.06. The van der Waals surface area contributed by atoms with Crippen LogP contribution in [0.1, 0.15) is 52.7 Å². The first kappa shape index (κ1) is 21.8. The molecule has 0 bridgehead atoms. The summed E-state index contributed by atoms with van der Waals surface area (Å²) in [6, 6.07) is 9.22. The molecule has 2 atom stereocenters. The number of nitrogens with one attached hydrogen (secondary N) is 1. The molecule has 31 heavy (non-hydrogen) atoms. The minimum atomic E-state index is -0.546. The van der Waals surface area contributed by atoms with Gasteiger partial charge in [0, 0.05) is 51.8 Å². The third-order valence-corrected chi connectivity index (χ3v) is 7.27. The lowest BCUT2D eigenvalue weighted by Gasteiger charge is -2.24. The SMILES string of the molecule is CCNC(=O)C[C@@H]1O[C@@H](c2ccc(Cl)cc2)c2c(sc(C)c2C)-c2cn(C)c(=O)cc21. The largest absolute Gasteiger partial charge is 0.360 e. The van der Waals surface area contributed by atoms with Gasteiger partial charge in [-0.05, 0) is 49.6 Å². The van der Waals surface area contributed by atoms with E-state index in [2.05, 4.69) is 19.2 Å². The smallest absolute Gasteiger partial charge is 0.250 e. The number of fused-ring (bicyclic) bond motifs is 3. The number of carbonyl (C=O) groups is 1. The van der Waals surface area contributed by atoms with Gasteiger partial charge in [0.25, 0.3) is 5.56 Å². The quantitative estimate of drug-likeness (QED) is 0.596. The minimum Gasteiger partial charge on any atom is -0.360 e. The van der Waals surface area contributed by atoms with Crippen molar-refractivity contribution in [3.05, 3.63) is 79.0 Å². The van der Waals surface area contributed by atoms with Crippen LogP contribution in [-0.4, -0.2) is 17.0 Å². The maximum atomic E-state index is 12.5. The van der Waals surface area contributed by atoms with E-state index in [-0.39, 0.29) is 24.0 Å². The lowest BCUT2D eigenvalue weighted by Crippen LogP contribution is -2.26. The second-order valence-electron chi connectivity index (χ2n) is 7.83. The molecule has 7 heteroatoms. The van der Waals surface area contributed by atoms with Crippen LogP contribution in [0.15, 0.2) is 41.3 Å². The van der Waals surface area contributed by atoms with Crippen molar-refractivity contribution in [2.45, 2.75) is 39.4 Å². The van der Waals surface area contributed by atoms with Crippen LogP contribution in [0.4, 0.5) is 0 Å². The average Bonchev–Trinajstić information content (AvgIpc) is 2.95.